The lowest BCUT2D eigenvalue weighted by molar-refractivity contribution is -0.0969. The summed E-state index contributed by atoms with van der Waals surface area (Å²) >= 11 is 6.12. The maximum atomic E-state index is 14.4. The SMILES string of the molecule is CN1CCc2cc(Cl)c(O)cc2C(c2cccc(NCC(F)C(O)C(O)C(O)CO)c2)C1. The molecule has 0 bridgehead atoms. The highest BCUT2D eigenvalue weighted by molar-refractivity contribution is 6.32. The van der Waals surface area contributed by atoms with Gasteiger partial charge in [0.15, 0.2) is 0 Å². The van der Waals surface area contributed by atoms with E-state index in [9.17, 15) is 24.8 Å². The van der Waals surface area contributed by atoms with Crippen molar-refractivity contribution in [2.24, 2.45) is 0 Å². The maximum absolute atomic E-state index is 14.4. The minimum atomic E-state index is -1.86. The standard InChI is InChI=1S/C23H30ClFN2O5/c1-27-6-5-14-8-18(24)20(29)9-16(14)17(11-27)13-3-2-4-15(7-13)26-10-19(25)22(31)23(32)21(30)12-28/h2-4,7-9,17,19,21-23,26,28-32H,5-6,10-12H2,1H3. The minimum absolute atomic E-state index is 0.0318. The monoisotopic (exact) mass is 468 g/mol. The van der Waals surface area contributed by atoms with Crippen molar-refractivity contribution in [2.45, 2.75) is 36.8 Å². The number of aromatic hydroxyl groups is 1. The second-order valence-electron chi connectivity index (χ2n) is 8.32. The molecule has 0 saturated heterocycles. The van der Waals surface area contributed by atoms with E-state index in [0.717, 1.165) is 36.2 Å². The van der Waals surface area contributed by atoms with Crippen LogP contribution in [-0.4, -0.2) is 88.2 Å². The first-order valence-corrected chi connectivity index (χ1v) is 10.9. The van der Waals surface area contributed by atoms with Crippen LogP contribution in [0, 0.1) is 0 Å². The Labute approximate surface area is 191 Å². The summed E-state index contributed by atoms with van der Waals surface area (Å²) in [5.74, 6) is 0.00263. The van der Waals surface area contributed by atoms with Crippen LogP contribution in [0.15, 0.2) is 36.4 Å². The molecule has 32 heavy (non-hydrogen) atoms. The number of phenolic OH excluding ortho intramolecular Hbond substituents is 1. The molecule has 6 N–H and O–H groups in total. The van der Waals surface area contributed by atoms with Crippen molar-refractivity contribution >= 4 is 17.3 Å². The lowest BCUT2D eigenvalue weighted by atomic mass is 9.87. The summed E-state index contributed by atoms with van der Waals surface area (Å²) in [5.41, 5.74) is 3.66. The van der Waals surface area contributed by atoms with Crippen molar-refractivity contribution in [3.05, 3.63) is 58.1 Å². The zero-order valence-corrected chi connectivity index (χ0v) is 18.6. The predicted octanol–water partition coefficient (Wildman–Crippen LogP) is 1.49. The number of hydrogen-bond acceptors (Lipinski definition) is 7. The van der Waals surface area contributed by atoms with Gasteiger partial charge in [-0.25, -0.2) is 4.39 Å². The Bertz CT molecular complexity index is 918. The van der Waals surface area contributed by atoms with Crippen LogP contribution in [0.25, 0.3) is 0 Å². The predicted molar refractivity (Wildman–Crippen MR) is 121 cm³/mol. The van der Waals surface area contributed by atoms with Crippen LogP contribution in [0.5, 0.6) is 5.75 Å². The third-order valence-electron chi connectivity index (χ3n) is 5.93. The van der Waals surface area contributed by atoms with E-state index >= 15 is 0 Å². The third kappa shape index (κ3) is 5.70. The fourth-order valence-corrected chi connectivity index (χ4v) is 4.19. The molecule has 2 aromatic carbocycles. The van der Waals surface area contributed by atoms with Crippen LogP contribution in [0.3, 0.4) is 0 Å². The number of aliphatic hydroxyl groups is 4. The molecule has 0 saturated carbocycles. The number of halogens is 2. The van der Waals surface area contributed by atoms with Crippen molar-refractivity contribution in [1.29, 1.82) is 0 Å². The quantitative estimate of drug-likeness (QED) is 0.347. The Morgan fingerprint density at radius 2 is 1.94 bits per heavy atom. The lowest BCUT2D eigenvalue weighted by Crippen LogP contribution is -2.46. The number of nitrogens with zero attached hydrogens (tertiary/aromatic N) is 1. The van der Waals surface area contributed by atoms with E-state index in [1.807, 2.05) is 31.3 Å². The molecule has 2 aromatic rings. The molecule has 7 nitrogen and oxygen atoms in total. The molecular weight excluding hydrogens is 439 g/mol. The Balaban J connectivity index is 1.78. The first-order valence-electron chi connectivity index (χ1n) is 10.5. The van der Waals surface area contributed by atoms with Crippen LogP contribution in [-0.2, 0) is 6.42 Å². The Morgan fingerprint density at radius 3 is 2.66 bits per heavy atom. The van der Waals surface area contributed by atoms with Gasteiger partial charge in [-0.3, -0.25) is 0 Å². The topological polar surface area (TPSA) is 116 Å². The molecular formula is C23H30ClFN2O5. The van der Waals surface area contributed by atoms with Gasteiger partial charge in [-0.1, -0.05) is 23.7 Å². The highest BCUT2D eigenvalue weighted by atomic mass is 35.5. The second-order valence-corrected chi connectivity index (χ2v) is 8.73. The molecule has 0 fully saturated rings. The molecule has 0 spiro atoms. The maximum Gasteiger partial charge on any atom is 0.146 e. The summed E-state index contributed by atoms with van der Waals surface area (Å²) in [5, 5.41) is 51.2. The Morgan fingerprint density at radius 1 is 1.19 bits per heavy atom. The number of anilines is 1. The normalized spacial score (nSPS) is 20.7. The smallest absolute Gasteiger partial charge is 0.146 e. The summed E-state index contributed by atoms with van der Waals surface area (Å²) in [6, 6.07) is 11.0. The van der Waals surface area contributed by atoms with Gasteiger partial charge in [-0.15, -0.1) is 0 Å². The average molecular weight is 469 g/mol. The third-order valence-corrected chi connectivity index (χ3v) is 6.24. The van der Waals surface area contributed by atoms with Crippen LogP contribution >= 0.6 is 11.6 Å². The van der Waals surface area contributed by atoms with Crippen LogP contribution < -0.4 is 5.32 Å². The van der Waals surface area contributed by atoms with Crippen molar-refractivity contribution in [3.63, 3.8) is 0 Å². The molecule has 1 aliphatic rings. The van der Waals surface area contributed by atoms with E-state index in [1.54, 1.807) is 12.1 Å². The van der Waals surface area contributed by atoms with Gasteiger partial charge in [0.05, 0.1) is 11.6 Å². The van der Waals surface area contributed by atoms with E-state index in [-0.39, 0.29) is 18.2 Å². The summed E-state index contributed by atoms with van der Waals surface area (Å²) in [6.45, 7) is 0.509. The van der Waals surface area contributed by atoms with Gasteiger partial charge in [-0.05, 0) is 54.4 Å². The molecule has 5 atom stereocenters. The Kier molecular flexibility index (Phi) is 8.32. The van der Waals surface area contributed by atoms with Gasteiger partial charge < -0.3 is 35.7 Å². The number of likely N-dealkylation sites (N-methyl/N-ethyl adjacent to an activating group) is 1. The molecule has 3 rings (SSSR count). The number of phenols is 1. The molecule has 5 unspecified atom stereocenters. The van der Waals surface area contributed by atoms with Gasteiger partial charge in [0.1, 0.15) is 30.2 Å². The number of nitrogens with one attached hydrogen (secondary N) is 1. The summed E-state index contributed by atoms with van der Waals surface area (Å²) in [6.07, 6.45) is -6.31. The van der Waals surface area contributed by atoms with Gasteiger partial charge in [0.25, 0.3) is 0 Å². The first kappa shape index (κ1) is 24.7. The number of hydrogen-bond donors (Lipinski definition) is 6. The lowest BCUT2D eigenvalue weighted by Gasteiger charge is -2.25. The number of benzene rings is 2. The molecule has 9 heteroatoms. The molecule has 0 aromatic heterocycles. The van der Waals surface area contributed by atoms with Crippen molar-refractivity contribution in [2.75, 3.05) is 38.6 Å². The zero-order chi connectivity index (χ0) is 23.4. The largest absolute Gasteiger partial charge is 0.506 e. The molecule has 1 aliphatic heterocycles. The number of rotatable bonds is 8. The second kappa shape index (κ2) is 10.8. The number of alkyl halides is 1. The molecule has 1 heterocycles. The minimum Gasteiger partial charge on any atom is -0.506 e. The number of aliphatic hydroxyl groups excluding tert-OH is 4. The van der Waals surface area contributed by atoms with Gasteiger partial charge >= 0.3 is 0 Å². The number of fused-ring (bicyclic) bond motifs is 1. The highest BCUT2D eigenvalue weighted by Crippen LogP contribution is 2.37. The van der Waals surface area contributed by atoms with E-state index in [0.29, 0.717) is 10.7 Å². The van der Waals surface area contributed by atoms with Crippen molar-refractivity contribution in [1.82, 2.24) is 4.90 Å². The fourth-order valence-electron chi connectivity index (χ4n) is 4.01. The van der Waals surface area contributed by atoms with E-state index in [4.69, 9.17) is 16.7 Å². The Hall–Kier alpha value is -1.94. The summed E-state index contributed by atoms with van der Waals surface area (Å²) < 4.78 is 14.4. The molecule has 0 amide bonds. The van der Waals surface area contributed by atoms with E-state index in [1.165, 1.54) is 0 Å². The van der Waals surface area contributed by atoms with E-state index < -0.39 is 31.1 Å². The van der Waals surface area contributed by atoms with Crippen LogP contribution in [0.2, 0.25) is 5.02 Å². The van der Waals surface area contributed by atoms with Crippen LogP contribution in [0.1, 0.15) is 22.6 Å². The van der Waals surface area contributed by atoms with Gasteiger partial charge in [0.2, 0.25) is 0 Å². The molecule has 0 radical (unpaired) electrons. The molecule has 176 valence electrons. The first-order chi connectivity index (χ1) is 15.2. The highest BCUT2D eigenvalue weighted by Gasteiger charge is 2.31. The van der Waals surface area contributed by atoms with Gasteiger partial charge in [0, 0.05) is 31.2 Å². The summed E-state index contributed by atoms with van der Waals surface area (Å²) in [7, 11) is 2.03. The van der Waals surface area contributed by atoms with Crippen LogP contribution in [0.4, 0.5) is 10.1 Å². The fraction of sp³-hybridized carbons (Fsp3) is 0.478. The zero-order valence-electron chi connectivity index (χ0n) is 17.8. The summed E-state index contributed by atoms with van der Waals surface area (Å²) in [4.78, 5) is 2.21. The molecule has 0 aliphatic carbocycles. The van der Waals surface area contributed by atoms with Crippen molar-refractivity contribution in [3.8, 4) is 5.75 Å². The van der Waals surface area contributed by atoms with Gasteiger partial charge in [-0.2, -0.15) is 0 Å². The average Bonchev–Trinajstić information content (AvgIpc) is 2.95. The van der Waals surface area contributed by atoms with E-state index in [2.05, 4.69) is 10.2 Å². The van der Waals surface area contributed by atoms with Crippen molar-refractivity contribution < 1.29 is 29.9 Å².